The van der Waals surface area contributed by atoms with Gasteiger partial charge in [0.15, 0.2) is 10.6 Å². The van der Waals surface area contributed by atoms with Crippen molar-refractivity contribution >= 4 is 16.5 Å². The smallest absolute Gasteiger partial charge is 0.185 e. The highest BCUT2D eigenvalue weighted by molar-refractivity contribution is 7.14. The van der Waals surface area contributed by atoms with Crippen LogP contribution in [-0.4, -0.2) is 29.2 Å². The van der Waals surface area contributed by atoms with Crippen LogP contribution < -0.4 is 10.7 Å². The molecule has 1 aliphatic rings. The van der Waals surface area contributed by atoms with Crippen LogP contribution in [0.1, 0.15) is 31.5 Å². The Morgan fingerprint density at radius 3 is 3.05 bits per heavy atom. The first-order chi connectivity index (χ1) is 10.6. The van der Waals surface area contributed by atoms with E-state index in [2.05, 4.69) is 29.1 Å². The Kier molecular flexibility index (Phi) is 4.31. The first kappa shape index (κ1) is 15.2. The van der Waals surface area contributed by atoms with Crippen LogP contribution in [0.15, 0.2) is 16.2 Å². The van der Waals surface area contributed by atoms with Gasteiger partial charge in [-0.15, -0.1) is 11.3 Å². The molecule has 1 aliphatic carbocycles. The van der Waals surface area contributed by atoms with E-state index in [0.29, 0.717) is 6.04 Å². The van der Waals surface area contributed by atoms with Crippen molar-refractivity contribution in [3.8, 4) is 11.4 Å². The highest BCUT2D eigenvalue weighted by Crippen LogP contribution is 2.26. The van der Waals surface area contributed by atoms with E-state index in [0.717, 1.165) is 47.0 Å². The fraction of sp³-hybridized carbons (Fsp3) is 0.500. The Morgan fingerprint density at radius 1 is 1.50 bits per heavy atom. The normalized spacial score (nSPS) is 17.5. The Bertz CT molecular complexity index is 720. The topological polar surface area (TPSA) is 67.0 Å². The van der Waals surface area contributed by atoms with Gasteiger partial charge in [-0.25, -0.2) is 4.98 Å². The SMILES string of the molecule is CO[C@@H]1CCc2c([nH]c(-c3csc(NC(C)C)n3)cc2=O)C1. The molecule has 5 nitrogen and oxygen atoms in total. The van der Waals surface area contributed by atoms with Gasteiger partial charge in [-0.3, -0.25) is 4.79 Å². The molecule has 0 bridgehead atoms. The average molecular weight is 319 g/mol. The van der Waals surface area contributed by atoms with Gasteiger partial charge in [-0.05, 0) is 26.7 Å². The number of aromatic amines is 1. The summed E-state index contributed by atoms with van der Waals surface area (Å²) in [5.74, 6) is 0. The van der Waals surface area contributed by atoms with Gasteiger partial charge in [0.25, 0.3) is 0 Å². The number of H-pyrrole nitrogens is 1. The summed E-state index contributed by atoms with van der Waals surface area (Å²) in [6, 6.07) is 2.00. The highest BCUT2D eigenvalue weighted by atomic mass is 32.1. The van der Waals surface area contributed by atoms with E-state index < -0.39 is 0 Å². The van der Waals surface area contributed by atoms with Crippen LogP contribution in [0.4, 0.5) is 5.13 Å². The summed E-state index contributed by atoms with van der Waals surface area (Å²) in [5.41, 5.74) is 3.59. The summed E-state index contributed by atoms with van der Waals surface area (Å²) in [6.45, 7) is 4.15. The van der Waals surface area contributed by atoms with E-state index in [1.54, 1.807) is 24.5 Å². The summed E-state index contributed by atoms with van der Waals surface area (Å²) in [5, 5.41) is 6.13. The van der Waals surface area contributed by atoms with Crippen LogP contribution in [-0.2, 0) is 17.6 Å². The molecule has 0 saturated heterocycles. The predicted octanol–water partition coefficient (Wildman–Crippen LogP) is 2.82. The number of methoxy groups -OCH3 is 1. The van der Waals surface area contributed by atoms with Crippen molar-refractivity contribution in [3.63, 3.8) is 0 Å². The lowest BCUT2D eigenvalue weighted by molar-refractivity contribution is 0.0899. The second-order valence-electron chi connectivity index (χ2n) is 5.94. The maximum absolute atomic E-state index is 12.3. The van der Waals surface area contributed by atoms with Gasteiger partial charge in [0.2, 0.25) is 0 Å². The van der Waals surface area contributed by atoms with E-state index in [1.165, 1.54) is 0 Å². The molecule has 0 amide bonds. The Hall–Kier alpha value is -1.66. The molecule has 2 heterocycles. The van der Waals surface area contributed by atoms with Gasteiger partial charge < -0.3 is 15.0 Å². The number of pyridine rings is 1. The first-order valence-corrected chi connectivity index (χ1v) is 8.45. The minimum Gasteiger partial charge on any atom is -0.381 e. The fourth-order valence-electron chi connectivity index (χ4n) is 2.77. The number of ether oxygens (including phenoxy) is 1. The van der Waals surface area contributed by atoms with Crippen LogP contribution in [0, 0.1) is 0 Å². The second-order valence-corrected chi connectivity index (χ2v) is 6.80. The van der Waals surface area contributed by atoms with Crippen molar-refractivity contribution < 1.29 is 4.74 Å². The molecule has 2 N–H and O–H groups in total. The fourth-order valence-corrected chi connectivity index (χ4v) is 3.63. The number of nitrogens with zero attached hydrogens (tertiary/aromatic N) is 1. The molecule has 0 fully saturated rings. The number of aromatic nitrogens is 2. The lowest BCUT2D eigenvalue weighted by Gasteiger charge is -2.23. The van der Waals surface area contributed by atoms with Gasteiger partial charge in [0.05, 0.1) is 17.5 Å². The first-order valence-electron chi connectivity index (χ1n) is 7.57. The van der Waals surface area contributed by atoms with E-state index in [9.17, 15) is 4.79 Å². The molecule has 0 aromatic carbocycles. The molecule has 0 unspecified atom stereocenters. The molecule has 2 aromatic heterocycles. The zero-order chi connectivity index (χ0) is 15.7. The number of hydrogen-bond donors (Lipinski definition) is 2. The third kappa shape index (κ3) is 3.08. The molecule has 0 spiro atoms. The van der Waals surface area contributed by atoms with Crippen molar-refractivity contribution in [2.75, 3.05) is 12.4 Å². The molecule has 0 aliphatic heterocycles. The van der Waals surface area contributed by atoms with E-state index in [-0.39, 0.29) is 11.5 Å². The largest absolute Gasteiger partial charge is 0.381 e. The van der Waals surface area contributed by atoms with E-state index in [4.69, 9.17) is 4.74 Å². The van der Waals surface area contributed by atoms with Crippen molar-refractivity contribution in [1.29, 1.82) is 0 Å². The number of rotatable bonds is 4. The zero-order valence-corrected chi connectivity index (χ0v) is 13.9. The van der Waals surface area contributed by atoms with Crippen molar-refractivity contribution in [2.24, 2.45) is 0 Å². The molecule has 1 atom stereocenters. The van der Waals surface area contributed by atoms with Crippen LogP contribution >= 0.6 is 11.3 Å². The van der Waals surface area contributed by atoms with Crippen molar-refractivity contribution in [2.45, 2.75) is 45.3 Å². The molecule has 22 heavy (non-hydrogen) atoms. The monoisotopic (exact) mass is 319 g/mol. The number of fused-ring (bicyclic) bond motifs is 1. The van der Waals surface area contributed by atoms with Crippen LogP contribution in [0.5, 0.6) is 0 Å². The van der Waals surface area contributed by atoms with Crippen LogP contribution in [0.2, 0.25) is 0 Å². The van der Waals surface area contributed by atoms with E-state index in [1.807, 2.05) is 5.38 Å². The van der Waals surface area contributed by atoms with Gasteiger partial charge in [0, 0.05) is 42.3 Å². The minimum atomic E-state index is 0.102. The number of hydrogen-bond acceptors (Lipinski definition) is 5. The molecule has 3 rings (SSSR count). The molecule has 0 radical (unpaired) electrons. The average Bonchev–Trinajstić information content (AvgIpc) is 2.94. The molecule has 0 saturated carbocycles. The third-order valence-corrected chi connectivity index (χ3v) is 4.67. The molecular formula is C16H21N3O2S. The maximum Gasteiger partial charge on any atom is 0.185 e. The lowest BCUT2D eigenvalue weighted by Crippen LogP contribution is -2.27. The number of thiazole rings is 1. The van der Waals surface area contributed by atoms with Crippen LogP contribution in [0.3, 0.4) is 0 Å². The zero-order valence-electron chi connectivity index (χ0n) is 13.1. The number of nitrogens with one attached hydrogen (secondary N) is 2. The predicted molar refractivity (Wildman–Crippen MR) is 89.8 cm³/mol. The lowest BCUT2D eigenvalue weighted by atomic mass is 9.93. The number of anilines is 1. The standard InChI is InChI=1S/C16H21N3O2S/c1-9(2)17-16-19-14(8-22-16)13-7-15(20)11-5-4-10(21-3)6-12(11)18-13/h7-10H,4-6H2,1-3H3,(H,17,19)(H,18,20)/t10-/m1/s1. The van der Waals surface area contributed by atoms with Crippen molar-refractivity contribution in [3.05, 3.63) is 32.9 Å². The highest BCUT2D eigenvalue weighted by Gasteiger charge is 2.22. The molecule has 6 heteroatoms. The van der Waals surface area contributed by atoms with Crippen LogP contribution in [0.25, 0.3) is 11.4 Å². The van der Waals surface area contributed by atoms with Gasteiger partial charge in [0.1, 0.15) is 0 Å². The molecular weight excluding hydrogens is 298 g/mol. The Labute approximate surface area is 133 Å². The summed E-state index contributed by atoms with van der Waals surface area (Å²) in [4.78, 5) is 20.3. The second kappa shape index (κ2) is 6.22. The van der Waals surface area contributed by atoms with Gasteiger partial charge in [-0.2, -0.15) is 0 Å². The van der Waals surface area contributed by atoms with E-state index >= 15 is 0 Å². The van der Waals surface area contributed by atoms with Crippen molar-refractivity contribution in [1.82, 2.24) is 9.97 Å². The Balaban J connectivity index is 1.93. The summed E-state index contributed by atoms with van der Waals surface area (Å²) in [6.07, 6.45) is 2.63. The summed E-state index contributed by atoms with van der Waals surface area (Å²) >= 11 is 1.55. The summed E-state index contributed by atoms with van der Waals surface area (Å²) < 4.78 is 5.44. The Morgan fingerprint density at radius 2 is 2.32 bits per heavy atom. The molecule has 118 valence electrons. The van der Waals surface area contributed by atoms with Gasteiger partial charge in [-0.1, -0.05) is 0 Å². The molecule has 2 aromatic rings. The summed E-state index contributed by atoms with van der Waals surface area (Å²) in [7, 11) is 1.72. The minimum absolute atomic E-state index is 0.102. The van der Waals surface area contributed by atoms with Gasteiger partial charge >= 0.3 is 0 Å². The third-order valence-electron chi connectivity index (χ3n) is 3.90. The quantitative estimate of drug-likeness (QED) is 0.909. The maximum atomic E-state index is 12.3.